The fraction of sp³-hybridized carbons (Fsp3) is 0.312. The van der Waals surface area contributed by atoms with E-state index >= 15 is 0 Å². The van der Waals surface area contributed by atoms with Gasteiger partial charge in [0.25, 0.3) is 0 Å². The molecular formula is C16H14Cl2F3N3O3S. The van der Waals surface area contributed by atoms with Crippen LogP contribution in [-0.2, 0) is 10.0 Å². The van der Waals surface area contributed by atoms with Gasteiger partial charge in [-0.1, -0.05) is 35.3 Å². The molecule has 1 saturated heterocycles. The van der Waals surface area contributed by atoms with E-state index < -0.39 is 27.0 Å². The molecule has 2 aromatic rings. The monoisotopic (exact) mass is 455 g/mol. The molecule has 2 heterocycles. The summed E-state index contributed by atoms with van der Waals surface area (Å²) in [5.74, 6) is -0.766. The summed E-state index contributed by atoms with van der Waals surface area (Å²) in [6.07, 6.45) is -2.15. The van der Waals surface area contributed by atoms with Gasteiger partial charge in [-0.25, -0.2) is 8.42 Å². The molecule has 152 valence electrons. The molecule has 3 rings (SSSR count). The summed E-state index contributed by atoms with van der Waals surface area (Å²) >= 11 is 12.2. The molecule has 0 aliphatic carbocycles. The van der Waals surface area contributed by atoms with Crippen LogP contribution in [0.5, 0.6) is 5.75 Å². The van der Waals surface area contributed by atoms with Gasteiger partial charge in [-0.2, -0.15) is 4.31 Å². The Balaban J connectivity index is 1.81. The molecule has 1 fully saturated rings. The molecule has 1 aliphatic rings. The van der Waals surface area contributed by atoms with Crippen molar-refractivity contribution < 1.29 is 26.3 Å². The second kappa shape index (κ2) is 7.94. The second-order valence-corrected chi connectivity index (χ2v) is 8.56. The van der Waals surface area contributed by atoms with Crippen LogP contribution in [0.4, 0.5) is 18.9 Å². The number of ether oxygens (including phenoxy) is 1. The third kappa shape index (κ3) is 4.45. The number of anilines is 1. The molecule has 1 aromatic heterocycles. The number of hydrogen-bond donors (Lipinski definition) is 0. The smallest absolute Gasteiger partial charge is 0.404 e. The molecule has 1 aromatic carbocycles. The highest BCUT2D eigenvalue weighted by molar-refractivity contribution is 7.89. The number of para-hydroxylation sites is 1. The predicted octanol–water partition coefficient (Wildman–Crippen LogP) is 3.80. The molecule has 0 saturated carbocycles. The molecule has 1 aliphatic heterocycles. The highest BCUT2D eigenvalue weighted by Gasteiger charge is 2.36. The predicted molar refractivity (Wildman–Crippen MR) is 98.4 cm³/mol. The number of rotatable bonds is 4. The van der Waals surface area contributed by atoms with Gasteiger partial charge in [0, 0.05) is 38.6 Å². The van der Waals surface area contributed by atoms with Crippen LogP contribution in [-0.4, -0.2) is 50.2 Å². The van der Waals surface area contributed by atoms with Crippen molar-refractivity contribution in [2.45, 2.75) is 11.3 Å². The Hall–Kier alpha value is -1.75. The number of alkyl halides is 3. The van der Waals surface area contributed by atoms with E-state index in [9.17, 15) is 21.6 Å². The van der Waals surface area contributed by atoms with Gasteiger partial charge in [-0.3, -0.25) is 4.98 Å². The standard InChI is InChI=1S/C16H14Cl2F3N3O3S/c17-11-9-22-10-12(18)15(11)23-5-7-24(8-6-23)28(25,26)14-4-2-1-3-13(14)27-16(19,20)21/h1-4,9-10H,5-8H2. The molecular weight excluding hydrogens is 442 g/mol. The van der Waals surface area contributed by atoms with Crippen LogP contribution in [0.25, 0.3) is 0 Å². The van der Waals surface area contributed by atoms with Crippen molar-refractivity contribution in [3.8, 4) is 5.75 Å². The molecule has 0 unspecified atom stereocenters. The van der Waals surface area contributed by atoms with E-state index in [0.717, 1.165) is 16.4 Å². The molecule has 6 nitrogen and oxygen atoms in total. The zero-order valence-electron chi connectivity index (χ0n) is 14.2. The summed E-state index contributed by atoms with van der Waals surface area (Å²) < 4.78 is 68.5. The quantitative estimate of drug-likeness (QED) is 0.701. The number of piperazine rings is 1. The molecule has 12 heteroatoms. The lowest BCUT2D eigenvalue weighted by Crippen LogP contribution is -2.49. The van der Waals surface area contributed by atoms with E-state index in [4.69, 9.17) is 23.2 Å². The molecule has 0 radical (unpaired) electrons. The third-order valence-electron chi connectivity index (χ3n) is 4.08. The molecule has 28 heavy (non-hydrogen) atoms. The number of benzene rings is 1. The van der Waals surface area contributed by atoms with Crippen LogP contribution in [0, 0.1) is 0 Å². The van der Waals surface area contributed by atoms with Crippen molar-refractivity contribution in [1.29, 1.82) is 0 Å². The first-order valence-electron chi connectivity index (χ1n) is 7.98. The van der Waals surface area contributed by atoms with Crippen LogP contribution in [0.3, 0.4) is 0 Å². The Labute approximate surface area is 169 Å². The summed E-state index contributed by atoms with van der Waals surface area (Å²) in [6, 6.07) is 4.65. The summed E-state index contributed by atoms with van der Waals surface area (Å²) in [6.45, 7) is 0.589. The number of halogens is 5. The number of sulfonamides is 1. The van der Waals surface area contributed by atoms with Gasteiger partial charge in [-0.15, -0.1) is 13.2 Å². The van der Waals surface area contributed by atoms with E-state index in [1.807, 2.05) is 0 Å². The molecule has 0 N–H and O–H groups in total. The van der Waals surface area contributed by atoms with E-state index in [1.165, 1.54) is 24.5 Å². The number of hydrogen-bond acceptors (Lipinski definition) is 5. The lowest BCUT2D eigenvalue weighted by molar-refractivity contribution is -0.275. The summed E-state index contributed by atoms with van der Waals surface area (Å²) in [7, 11) is -4.19. The fourth-order valence-electron chi connectivity index (χ4n) is 2.87. The molecule has 0 bridgehead atoms. The highest BCUT2D eigenvalue weighted by Crippen LogP contribution is 2.35. The van der Waals surface area contributed by atoms with Crippen molar-refractivity contribution in [3.05, 3.63) is 46.7 Å². The Morgan fingerprint density at radius 1 is 1.00 bits per heavy atom. The third-order valence-corrected chi connectivity index (χ3v) is 6.57. The van der Waals surface area contributed by atoms with E-state index in [0.29, 0.717) is 15.7 Å². The van der Waals surface area contributed by atoms with Crippen molar-refractivity contribution in [1.82, 2.24) is 9.29 Å². The Kier molecular flexibility index (Phi) is 5.95. The lowest BCUT2D eigenvalue weighted by atomic mass is 10.3. The SMILES string of the molecule is O=S(=O)(c1ccccc1OC(F)(F)F)N1CCN(c2c(Cl)cncc2Cl)CC1. The summed E-state index contributed by atoms with van der Waals surface area (Å²) in [5.41, 5.74) is 0.538. The van der Waals surface area contributed by atoms with Crippen LogP contribution in [0.15, 0.2) is 41.6 Å². The van der Waals surface area contributed by atoms with Gasteiger partial charge in [0.1, 0.15) is 10.6 Å². The van der Waals surface area contributed by atoms with Crippen molar-refractivity contribution in [2.75, 3.05) is 31.1 Å². The molecule has 0 atom stereocenters. The van der Waals surface area contributed by atoms with Gasteiger partial charge in [0.05, 0.1) is 15.7 Å². The number of nitrogens with zero attached hydrogens (tertiary/aromatic N) is 3. The summed E-state index contributed by atoms with van der Waals surface area (Å²) in [4.78, 5) is 5.13. The van der Waals surface area contributed by atoms with Crippen LogP contribution in [0.1, 0.15) is 0 Å². The summed E-state index contributed by atoms with van der Waals surface area (Å²) in [5, 5.41) is 0.653. The minimum Gasteiger partial charge on any atom is -0.404 e. The maximum Gasteiger partial charge on any atom is 0.573 e. The Bertz CT molecular complexity index is 945. The maximum absolute atomic E-state index is 12.9. The van der Waals surface area contributed by atoms with Gasteiger partial charge in [0.2, 0.25) is 10.0 Å². The van der Waals surface area contributed by atoms with E-state index in [-0.39, 0.29) is 26.2 Å². The minimum atomic E-state index is -5.00. The van der Waals surface area contributed by atoms with Crippen molar-refractivity contribution >= 4 is 38.9 Å². The van der Waals surface area contributed by atoms with Gasteiger partial charge >= 0.3 is 6.36 Å². The van der Waals surface area contributed by atoms with Gasteiger partial charge in [-0.05, 0) is 12.1 Å². The van der Waals surface area contributed by atoms with Crippen LogP contribution >= 0.6 is 23.2 Å². The van der Waals surface area contributed by atoms with E-state index in [1.54, 1.807) is 4.90 Å². The molecule has 0 spiro atoms. The van der Waals surface area contributed by atoms with Crippen molar-refractivity contribution in [2.24, 2.45) is 0 Å². The zero-order chi connectivity index (χ0) is 20.5. The minimum absolute atomic E-state index is 0.0394. The largest absolute Gasteiger partial charge is 0.573 e. The van der Waals surface area contributed by atoms with Crippen molar-refractivity contribution in [3.63, 3.8) is 0 Å². The average Bonchev–Trinajstić information content (AvgIpc) is 2.61. The van der Waals surface area contributed by atoms with Crippen LogP contribution in [0.2, 0.25) is 10.0 Å². The zero-order valence-corrected chi connectivity index (χ0v) is 16.5. The van der Waals surface area contributed by atoms with Crippen LogP contribution < -0.4 is 9.64 Å². The Morgan fingerprint density at radius 3 is 2.14 bits per heavy atom. The second-order valence-electron chi connectivity index (χ2n) is 5.84. The maximum atomic E-state index is 12.9. The topological polar surface area (TPSA) is 62.7 Å². The number of pyridine rings is 1. The number of aromatic nitrogens is 1. The average molecular weight is 456 g/mol. The highest BCUT2D eigenvalue weighted by atomic mass is 35.5. The molecule has 0 amide bonds. The first-order chi connectivity index (χ1) is 13.1. The fourth-order valence-corrected chi connectivity index (χ4v) is 5.01. The van der Waals surface area contributed by atoms with Gasteiger partial charge < -0.3 is 9.64 Å². The van der Waals surface area contributed by atoms with E-state index in [2.05, 4.69) is 9.72 Å². The Morgan fingerprint density at radius 2 is 1.57 bits per heavy atom. The first-order valence-corrected chi connectivity index (χ1v) is 10.2. The normalized spacial score (nSPS) is 16.2. The van der Waals surface area contributed by atoms with Gasteiger partial charge in [0.15, 0.2) is 0 Å². The lowest BCUT2D eigenvalue weighted by Gasteiger charge is -2.36. The first kappa shape index (κ1) is 21.0.